The van der Waals surface area contributed by atoms with E-state index in [9.17, 15) is 13.2 Å². The molecular formula is C11H18N6O3S. The van der Waals surface area contributed by atoms with Gasteiger partial charge in [0.1, 0.15) is 11.6 Å². The molecule has 9 nitrogen and oxygen atoms in total. The van der Waals surface area contributed by atoms with Crippen molar-refractivity contribution in [3.8, 4) is 0 Å². The van der Waals surface area contributed by atoms with Crippen LogP contribution in [0.5, 0.6) is 0 Å². The zero-order chi connectivity index (χ0) is 15.8. The number of H-pyrrole nitrogens is 1. The van der Waals surface area contributed by atoms with E-state index < -0.39 is 15.6 Å². The number of nitrogens with zero attached hydrogens (tertiary/aromatic N) is 3. The Bertz CT molecular complexity index is 820. The molecule has 0 aliphatic carbocycles. The van der Waals surface area contributed by atoms with Crippen LogP contribution in [0.4, 0.5) is 5.82 Å². The third-order valence-corrected chi connectivity index (χ3v) is 3.67. The fourth-order valence-corrected chi connectivity index (χ4v) is 3.11. The Morgan fingerprint density at radius 3 is 2.71 bits per heavy atom. The Hall–Kier alpha value is -1.94. The maximum Gasteiger partial charge on any atom is 0.349 e. The molecule has 0 radical (unpaired) electrons. The molecule has 0 aliphatic heterocycles. The molecule has 0 saturated heterocycles. The number of aromatic amines is 1. The Balaban J connectivity index is 2.19. The average Bonchev–Trinajstić information content (AvgIpc) is 2.66. The van der Waals surface area contributed by atoms with Gasteiger partial charge in [0.15, 0.2) is 5.65 Å². The first-order valence-corrected chi connectivity index (χ1v) is 8.14. The second-order valence-corrected chi connectivity index (χ2v) is 7.27. The van der Waals surface area contributed by atoms with E-state index in [1.54, 1.807) is 26.8 Å². The molecule has 0 bridgehead atoms. The molecule has 116 valence electrons. The molecule has 3 N–H and O–H groups in total. The highest BCUT2D eigenvalue weighted by Crippen LogP contribution is 2.10. The molecule has 0 amide bonds. The van der Waals surface area contributed by atoms with Crippen molar-refractivity contribution in [1.82, 2.24) is 24.3 Å². The maximum absolute atomic E-state index is 11.5. The zero-order valence-electron chi connectivity index (χ0n) is 12.3. The summed E-state index contributed by atoms with van der Waals surface area (Å²) >= 11 is 0. The third kappa shape index (κ3) is 3.79. The lowest BCUT2D eigenvalue weighted by molar-refractivity contribution is 0.476. The summed E-state index contributed by atoms with van der Waals surface area (Å²) in [6.07, 6.45) is 1.11. The molecule has 2 rings (SSSR count). The summed E-state index contributed by atoms with van der Waals surface area (Å²) in [6, 6.07) is 1.61. The highest BCUT2D eigenvalue weighted by Gasteiger charge is 2.22. The topological polar surface area (TPSA) is 121 Å². The molecule has 0 fully saturated rings. The van der Waals surface area contributed by atoms with E-state index in [-0.39, 0.29) is 5.69 Å². The van der Waals surface area contributed by atoms with E-state index in [0.717, 1.165) is 6.26 Å². The molecule has 2 aromatic rings. The van der Waals surface area contributed by atoms with Crippen molar-refractivity contribution < 1.29 is 8.42 Å². The number of aromatic nitrogens is 4. The Labute approximate surface area is 121 Å². The van der Waals surface area contributed by atoms with Gasteiger partial charge in [-0.25, -0.2) is 32.4 Å². The van der Waals surface area contributed by atoms with E-state index in [2.05, 4.69) is 25.2 Å². The van der Waals surface area contributed by atoms with Crippen molar-refractivity contribution >= 4 is 21.5 Å². The number of sulfonamides is 1. The van der Waals surface area contributed by atoms with Crippen LogP contribution >= 0.6 is 0 Å². The number of hydrogen-bond acceptors (Lipinski definition) is 6. The van der Waals surface area contributed by atoms with Crippen LogP contribution in [0.1, 0.15) is 19.7 Å². The van der Waals surface area contributed by atoms with Gasteiger partial charge in [-0.3, -0.25) is 0 Å². The van der Waals surface area contributed by atoms with E-state index in [4.69, 9.17) is 0 Å². The van der Waals surface area contributed by atoms with Crippen molar-refractivity contribution in [2.45, 2.75) is 26.3 Å². The number of nitrogens with one attached hydrogen (secondary N) is 3. The smallest absolute Gasteiger partial charge is 0.349 e. The summed E-state index contributed by atoms with van der Waals surface area (Å²) in [6.45, 7) is 5.53. The summed E-state index contributed by atoms with van der Waals surface area (Å²) in [5, 5.41) is 9.27. The Kier molecular flexibility index (Phi) is 3.76. The molecule has 0 unspecified atom stereocenters. The van der Waals surface area contributed by atoms with Gasteiger partial charge >= 0.3 is 5.69 Å². The molecule has 0 spiro atoms. The molecule has 0 saturated carbocycles. The number of fused-ring (bicyclic) bond motifs is 1. The molecule has 10 heteroatoms. The van der Waals surface area contributed by atoms with Crippen molar-refractivity contribution in [3.63, 3.8) is 0 Å². The van der Waals surface area contributed by atoms with Crippen LogP contribution in [-0.2, 0) is 10.0 Å². The molecular weight excluding hydrogens is 296 g/mol. The van der Waals surface area contributed by atoms with E-state index in [1.807, 2.05) is 0 Å². The fourth-order valence-electron chi connectivity index (χ4n) is 2.04. The highest BCUT2D eigenvalue weighted by atomic mass is 32.2. The van der Waals surface area contributed by atoms with Gasteiger partial charge in [0.05, 0.1) is 6.26 Å². The predicted molar refractivity (Wildman–Crippen MR) is 78.9 cm³/mol. The van der Waals surface area contributed by atoms with Crippen LogP contribution in [-0.4, -0.2) is 46.3 Å². The van der Waals surface area contributed by atoms with Crippen LogP contribution in [0.2, 0.25) is 0 Å². The monoisotopic (exact) mass is 314 g/mol. The van der Waals surface area contributed by atoms with E-state index >= 15 is 0 Å². The highest BCUT2D eigenvalue weighted by molar-refractivity contribution is 7.88. The minimum Gasteiger partial charge on any atom is -0.368 e. The molecule has 2 heterocycles. The first-order valence-electron chi connectivity index (χ1n) is 6.25. The minimum atomic E-state index is -3.30. The lowest BCUT2D eigenvalue weighted by Crippen LogP contribution is -2.47. The van der Waals surface area contributed by atoms with Gasteiger partial charge in [-0.2, -0.15) is 5.10 Å². The molecule has 0 aromatic carbocycles. The quantitative estimate of drug-likeness (QED) is 0.682. The Morgan fingerprint density at radius 1 is 1.43 bits per heavy atom. The van der Waals surface area contributed by atoms with Gasteiger partial charge in [-0.05, 0) is 20.8 Å². The summed E-state index contributed by atoms with van der Waals surface area (Å²) in [7, 11) is -3.30. The van der Waals surface area contributed by atoms with Crippen molar-refractivity contribution in [1.29, 1.82) is 0 Å². The summed E-state index contributed by atoms with van der Waals surface area (Å²) in [5.74, 6) is 1.00. The molecule has 0 aliphatic rings. The van der Waals surface area contributed by atoms with Crippen LogP contribution in [0.25, 0.3) is 5.65 Å². The molecule has 21 heavy (non-hydrogen) atoms. The lowest BCUT2D eigenvalue weighted by atomic mass is 10.1. The summed E-state index contributed by atoms with van der Waals surface area (Å²) in [4.78, 5) is 15.7. The van der Waals surface area contributed by atoms with Gasteiger partial charge in [0, 0.05) is 18.2 Å². The van der Waals surface area contributed by atoms with Crippen molar-refractivity contribution in [2.75, 3.05) is 18.1 Å². The second-order valence-electron chi connectivity index (χ2n) is 5.52. The van der Waals surface area contributed by atoms with Crippen LogP contribution in [0, 0.1) is 6.92 Å². The predicted octanol–water partition coefficient (Wildman–Crippen LogP) is -0.534. The number of aryl methyl sites for hydroxylation is 1. The Morgan fingerprint density at radius 2 is 2.10 bits per heavy atom. The molecule has 0 atom stereocenters. The lowest BCUT2D eigenvalue weighted by Gasteiger charge is -2.25. The van der Waals surface area contributed by atoms with Gasteiger partial charge in [0.2, 0.25) is 10.0 Å². The van der Waals surface area contributed by atoms with Gasteiger partial charge in [-0.15, -0.1) is 0 Å². The van der Waals surface area contributed by atoms with Gasteiger partial charge in [0.25, 0.3) is 0 Å². The van der Waals surface area contributed by atoms with Crippen LogP contribution < -0.4 is 15.7 Å². The average molecular weight is 314 g/mol. The first-order chi connectivity index (χ1) is 9.57. The van der Waals surface area contributed by atoms with Crippen molar-refractivity contribution in [2.24, 2.45) is 0 Å². The summed E-state index contributed by atoms with van der Waals surface area (Å²) < 4.78 is 26.4. The third-order valence-electron chi connectivity index (χ3n) is 2.74. The van der Waals surface area contributed by atoms with Crippen molar-refractivity contribution in [3.05, 3.63) is 22.4 Å². The fraction of sp³-hybridized carbons (Fsp3) is 0.545. The van der Waals surface area contributed by atoms with E-state index in [1.165, 1.54) is 4.40 Å². The first kappa shape index (κ1) is 15.4. The number of hydrogen-bond donors (Lipinski definition) is 3. The zero-order valence-corrected chi connectivity index (χ0v) is 13.1. The van der Waals surface area contributed by atoms with E-state index in [0.29, 0.717) is 23.8 Å². The largest absolute Gasteiger partial charge is 0.368 e. The maximum atomic E-state index is 11.5. The second kappa shape index (κ2) is 5.11. The van der Waals surface area contributed by atoms with Gasteiger partial charge < -0.3 is 5.32 Å². The standard InChI is InChI=1S/C11H18N6O3S/c1-7-13-8(5-9-14-15-10(18)17(7)9)12-6-11(2,3)16-21(4,19)20/h5,12,16H,6H2,1-4H3,(H,15,18). The minimum absolute atomic E-state index is 0.331. The van der Waals surface area contributed by atoms with Crippen LogP contribution in [0.15, 0.2) is 10.9 Å². The van der Waals surface area contributed by atoms with Crippen LogP contribution in [0.3, 0.4) is 0 Å². The normalized spacial score (nSPS) is 12.8. The molecule has 2 aromatic heterocycles. The number of anilines is 1. The summed E-state index contributed by atoms with van der Waals surface area (Å²) in [5.41, 5.74) is -0.579. The SMILES string of the molecule is Cc1nc(NCC(C)(C)NS(C)(=O)=O)cc2n[nH]c(=O)n12. The number of rotatable bonds is 5. The van der Waals surface area contributed by atoms with Gasteiger partial charge in [-0.1, -0.05) is 0 Å².